The van der Waals surface area contributed by atoms with Crippen molar-refractivity contribution in [3.8, 4) is 5.69 Å². The van der Waals surface area contributed by atoms with Gasteiger partial charge in [-0.3, -0.25) is 19.7 Å². The number of carbonyl (C=O) groups is 2. The average molecular weight is 414 g/mol. The summed E-state index contributed by atoms with van der Waals surface area (Å²) in [7, 11) is 0. The number of likely N-dealkylation sites (tertiary alicyclic amines) is 1. The SMILES string of the molecule is CCCc1c(C(=O)N2CCC[C@@H](C(=O)OCC)C2)cnn1-c1ccc([N+](=O)[O-])cc1. The van der Waals surface area contributed by atoms with Crippen LogP contribution in [0.3, 0.4) is 0 Å². The molecule has 0 saturated carbocycles. The third kappa shape index (κ3) is 4.50. The maximum absolute atomic E-state index is 13.2. The Balaban J connectivity index is 1.86. The highest BCUT2D eigenvalue weighted by atomic mass is 16.6. The summed E-state index contributed by atoms with van der Waals surface area (Å²) in [6.45, 7) is 5.03. The fourth-order valence-corrected chi connectivity index (χ4v) is 3.75. The van der Waals surface area contributed by atoms with Gasteiger partial charge in [0.2, 0.25) is 0 Å². The maximum atomic E-state index is 13.2. The summed E-state index contributed by atoms with van der Waals surface area (Å²) in [4.78, 5) is 37.5. The molecule has 1 atom stereocenters. The molecular formula is C21H26N4O5. The van der Waals surface area contributed by atoms with E-state index in [1.165, 1.54) is 12.1 Å². The largest absolute Gasteiger partial charge is 0.466 e. The van der Waals surface area contributed by atoms with Crippen LogP contribution in [0.25, 0.3) is 5.69 Å². The van der Waals surface area contributed by atoms with Crippen LogP contribution in [0.5, 0.6) is 0 Å². The van der Waals surface area contributed by atoms with Crippen LogP contribution in [0, 0.1) is 16.0 Å². The van der Waals surface area contributed by atoms with Gasteiger partial charge in [-0.05, 0) is 38.3 Å². The average Bonchev–Trinajstić information content (AvgIpc) is 3.17. The molecule has 2 aromatic rings. The van der Waals surface area contributed by atoms with E-state index in [4.69, 9.17) is 4.74 Å². The summed E-state index contributed by atoms with van der Waals surface area (Å²) >= 11 is 0. The predicted molar refractivity (Wildman–Crippen MR) is 109 cm³/mol. The van der Waals surface area contributed by atoms with Crippen LogP contribution in [-0.4, -0.2) is 51.2 Å². The molecule has 1 aromatic heterocycles. The minimum absolute atomic E-state index is 0.00225. The second-order valence-electron chi connectivity index (χ2n) is 7.28. The van der Waals surface area contributed by atoms with Crippen molar-refractivity contribution in [3.05, 3.63) is 51.8 Å². The van der Waals surface area contributed by atoms with E-state index in [1.54, 1.807) is 34.8 Å². The van der Waals surface area contributed by atoms with E-state index in [2.05, 4.69) is 5.10 Å². The van der Waals surface area contributed by atoms with Gasteiger partial charge in [-0.15, -0.1) is 0 Å². The molecule has 0 spiro atoms. The van der Waals surface area contributed by atoms with Gasteiger partial charge < -0.3 is 9.64 Å². The number of ether oxygens (including phenoxy) is 1. The van der Waals surface area contributed by atoms with E-state index < -0.39 is 4.92 Å². The van der Waals surface area contributed by atoms with Crippen molar-refractivity contribution in [1.82, 2.24) is 14.7 Å². The van der Waals surface area contributed by atoms with Gasteiger partial charge in [0.05, 0.1) is 40.6 Å². The number of aromatic nitrogens is 2. The van der Waals surface area contributed by atoms with Crippen LogP contribution in [0.1, 0.15) is 49.2 Å². The molecule has 9 heteroatoms. The molecule has 1 aromatic carbocycles. The zero-order chi connectivity index (χ0) is 21.7. The molecule has 0 radical (unpaired) electrons. The zero-order valence-corrected chi connectivity index (χ0v) is 17.2. The smallest absolute Gasteiger partial charge is 0.310 e. The third-order valence-electron chi connectivity index (χ3n) is 5.22. The maximum Gasteiger partial charge on any atom is 0.310 e. The molecule has 0 bridgehead atoms. The number of rotatable bonds is 7. The molecule has 0 N–H and O–H groups in total. The lowest BCUT2D eigenvalue weighted by Crippen LogP contribution is -2.43. The van der Waals surface area contributed by atoms with Gasteiger partial charge in [0.1, 0.15) is 0 Å². The zero-order valence-electron chi connectivity index (χ0n) is 17.2. The number of nitrogens with zero attached hydrogens (tertiary/aromatic N) is 4. The number of hydrogen-bond acceptors (Lipinski definition) is 6. The Labute approximate surface area is 174 Å². The molecular weight excluding hydrogens is 388 g/mol. The highest BCUT2D eigenvalue weighted by Gasteiger charge is 2.31. The molecule has 1 aliphatic rings. The number of non-ortho nitro benzene ring substituents is 1. The van der Waals surface area contributed by atoms with Crippen molar-refractivity contribution in [2.24, 2.45) is 5.92 Å². The van der Waals surface area contributed by atoms with Gasteiger partial charge in [-0.1, -0.05) is 13.3 Å². The lowest BCUT2D eigenvalue weighted by molar-refractivity contribution is -0.384. The van der Waals surface area contributed by atoms with E-state index in [0.717, 1.165) is 18.5 Å². The summed E-state index contributed by atoms with van der Waals surface area (Å²) in [6, 6.07) is 6.08. The predicted octanol–water partition coefficient (Wildman–Crippen LogP) is 3.15. The van der Waals surface area contributed by atoms with E-state index in [9.17, 15) is 19.7 Å². The summed E-state index contributed by atoms with van der Waals surface area (Å²) in [5.74, 6) is -0.715. The number of esters is 1. The Kier molecular flexibility index (Phi) is 6.81. The Morgan fingerprint density at radius 1 is 1.27 bits per heavy atom. The van der Waals surface area contributed by atoms with Crippen molar-refractivity contribution in [2.45, 2.75) is 39.5 Å². The molecule has 1 saturated heterocycles. The van der Waals surface area contributed by atoms with Gasteiger partial charge in [0, 0.05) is 25.2 Å². The summed E-state index contributed by atoms with van der Waals surface area (Å²) in [5.41, 5.74) is 1.91. The Morgan fingerprint density at radius 2 is 2.00 bits per heavy atom. The van der Waals surface area contributed by atoms with Crippen LogP contribution < -0.4 is 0 Å². The van der Waals surface area contributed by atoms with Gasteiger partial charge in [0.15, 0.2) is 0 Å². The fraction of sp³-hybridized carbons (Fsp3) is 0.476. The summed E-state index contributed by atoms with van der Waals surface area (Å²) < 4.78 is 6.78. The molecule has 9 nitrogen and oxygen atoms in total. The van der Waals surface area contributed by atoms with Crippen LogP contribution in [0.2, 0.25) is 0 Å². The number of amides is 1. The van der Waals surface area contributed by atoms with Gasteiger partial charge in [-0.25, -0.2) is 4.68 Å². The quantitative estimate of drug-likeness (QED) is 0.391. The lowest BCUT2D eigenvalue weighted by Gasteiger charge is -2.31. The Bertz CT molecular complexity index is 922. The van der Waals surface area contributed by atoms with Gasteiger partial charge >= 0.3 is 5.97 Å². The second-order valence-corrected chi connectivity index (χ2v) is 7.28. The topological polar surface area (TPSA) is 108 Å². The molecule has 1 fully saturated rings. The normalized spacial score (nSPS) is 16.3. The first-order valence-corrected chi connectivity index (χ1v) is 10.2. The first-order chi connectivity index (χ1) is 14.5. The fourth-order valence-electron chi connectivity index (χ4n) is 3.75. The highest BCUT2D eigenvalue weighted by molar-refractivity contribution is 5.95. The minimum atomic E-state index is -0.453. The van der Waals surface area contributed by atoms with Gasteiger partial charge in [-0.2, -0.15) is 5.10 Å². The first-order valence-electron chi connectivity index (χ1n) is 10.2. The lowest BCUT2D eigenvalue weighted by atomic mass is 9.97. The highest BCUT2D eigenvalue weighted by Crippen LogP contribution is 2.24. The molecule has 160 valence electrons. The molecule has 30 heavy (non-hydrogen) atoms. The number of nitro groups is 1. The minimum Gasteiger partial charge on any atom is -0.466 e. The molecule has 3 rings (SSSR count). The molecule has 0 unspecified atom stereocenters. The van der Waals surface area contributed by atoms with Gasteiger partial charge in [0.25, 0.3) is 11.6 Å². The Hall–Kier alpha value is -3.23. The number of piperidine rings is 1. The van der Waals surface area contributed by atoms with E-state index >= 15 is 0 Å². The molecule has 2 heterocycles. The van der Waals surface area contributed by atoms with E-state index in [1.807, 2.05) is 6.92 Å². The number of hydrogen-bond donors (Lipinski definition) is 0. The van der Waals surface area contributed by atoms with Crippen LogP contribution in [0.4, 0.5) is 5.69 Å². The van der Waals surface area contributed by atoms with Crippen LogP contribution >= 0.6 is 0 Å². The van der Waals surface area contributed by atoms with Crippen molar-refractivity contribution >= 4 is 17.6 Å². The number of carbonyl (C=O) groups excluding carboxylic acids is 2. The van der Waals surface area contributed by atoms with Crippen molar-refractivity contribution in [1.29, 1.82) is 0 Å². The third-order valence-corrected chi connectivity index (χ3v) is 5.22. The van der Waals surface area contributed by atoms with E-state index in [0.29, 0.717) is 43.8 Å². The second kappa shape index (κ2) is 9.51. The standard InChI is InChI=1S/C21H26N4O5/c1-3-6-19-18(13-22-24(19)16-8-10-17(11-9-16)25(28)29)20(26)23-12-5-7-15(14-23)21(27)30-4-2/h8-11,13,15H,3-7,12,14H2,1-2H3/t15-/m1/s1. The molecule has 1 aliphatic heterocycles. The van der Waals surface area contributed by atoms with Crippen molar-refractivity contribution < 1.29 is 19.2 Å². The Morgan fingerprint density at radius 3 is 2.63 bits per heavy atom. The summed E-state index contributed by atoms with van der Waals surface area (Å²) in [5, 5.41) is 15.3. The number of benzene rings is 1. The van der Waals surface area contributed by atoms with Crippen molar-refractivity contribution in [2.75, 3.05) is 19.7 Å². The first kappa shape index (κ1) is 21.5. The molecule has 0 aliphatic carbocycles. The van der Waals surface area contributed by atoms with Crippen molar-refractivity contribution in [3.63, 3.8) is 0 Å². The summed E-state index contributed by atoms with van der Waals surface area (Å²) in [6.07, 6.45) is 4.45. The van der Waals surface area contributed by atoms with Crippen LogP contribution in [0.15, 0.2) is 30.5 Å². The van der Waals surface area contributed by atoms with E-state index in [-0.39, 0.29) is 23.5 Å². The van der Waals surface area contributed by atoms with Crippen LogP contribution in [-0.2, 0) is 16.0 Å². The molecule has 1 amide bonds. The monoisotopic (exact) mass is 414 g/mol. The number of nitro benzene ring substituents is 1.